The fourth-order valence-electron chi connectivity index (χ4n) is 1.89. The van der Waals surface area contributed by atoms with E-state index in [-0.39, 0.29) is 5.82 Å². The Bertz CT molecular complexity index is 733. The van der Waals surface area contributed by atoms with Crippen LogP contribution in [0.4, 0.5) is 10.1 Å². The first-order chi connectivity index (χ1) is 8.66. The molecule has 0 atom stereocenters. The van der Waals surface area contributed by atoms with Crippen molar-refractivity contribution in [2.24, 2.45) is 0 Å². The molecule has 18 heavy (non-hydrogen) atoms. The third-order valence-corrected chi connectivity index (χ3v) is 2.92. The summed E-state index contributed by atoms with van der Waals surface area (Å²) in [5, 5.41) is 7.96. The molecule has 0 saturated carbocycles. The normalized spacial score (nSPS) is 11.0. The van der Waals surface area contributed by atoms with E-state index in [4.69, 9.17) is 5.73 Å². The van der Waals surface area contributed by atoms with Crippen molar-refractivity contribution in [3.8, 4) is 5.69 Å². The summed E-state index contributed by atoms with van der Waals surface area (Å²) in [6, 6.07) is 10.4. The summed E-state index contributed by atoms with van der Waals surface area (Å²) in [7, 11) is 0. The number of hydrogen-bond acceptors (Lipinski definition) is 3. The Balaban J connectivity index is 2.29. The van der Waals surface area contributed by atoms with Gasteiger partial charge in [-0.25, -0.2) is 9.07 Å². The van der Waals surface area contributed by atoms with Crippen LogP contribution in [0.3, 0.4) is 0 Å². The van der Waals surface area contributed by atoms with E-state index in [1.54, 1.807) is 13.0 Å². The fraction of sp³-hybridized carbons (Fsp3) is 0.0769. The fourth-order valence-corrected chi connectivity index (χ4v) is 1.89. The van der Waals surface area contributed by atoms with Crippen molar-refractivity contribution in [2.45, 2.75) is 6.92 Å². The first-order valence-corrected chi connectivity index (χ1v) is 5.53. The van der Waals surface area contributed by atoms with E-state index >= 15 is 0 Å². The third-order valence-electron chi connectivity index (χ3n) is 2.92. The molecule has 0 aliphatic carbocycles. The second-order valence-electron chi connectivity index (χ2n) is 4.15. The van der Waals surface area contributed by atoms with Gasteiger partial charge in [0.1, 0.15) is 17.0 Å². The Labute approximate surface area is 103 Å². The lowest BCUT2D eigenvalue weighted by Gasteiger charge is -2.07. The average Bonchev–Trinajstić information content (AvgIpc) is 2.78. The van der Waals surface area contributed by atoms with Crippen LogP contribution in [0, 0.1) is 12.7 Å². The third kappa shape index (κ3) is 1.52. The summed E-state index contributed by atoms with van der Waals surface area (Å²) in [4.78, 5) is 0. The van der Waals surface area contributed by atoms with Crippen LogP contribution >= 0.6 is 0 Å². The highest BCUT2D eigenvalue weighted by atomic mass is 19.1. The maximum Gasteiger partial charge on any atom is 0.149 e. The molecule has 0 fully saturated rings. The van der Waals surface area contributed by atoms with Gasteiger partial charge >= 0.3 is 0 Å². The molecule has 3 aromatic rings. The first kappa shape index (κ1) is 10.7. The molecule has 3 rings (SSSR count). The highest BCUT2D eigenvalue weighted by Gasteiger charge is 2.12. The standard InChI is InChI=1S/C13H11FN4/c1-8-6-9(14)13(7-10(8)15)18-12-5-3-2-4-11(12)16-17-18/h2-7H,15H2,1H3. The average molecular weight is 242 g/mol. The minimum atomic E-state index is -0.364. The van der Waals surface area contributed by atoms with Crippen molar-refractivity contribution in [3.63, 3.8) is 0 Å². The van der Waals surface area contributed by atoms with Crippen LogP contribution in [0.1, 0.15) is 5.56 Å². The topological polar surface area (TPSA) is 56.7 Å². The molecule has 1 aromatic heterocycles. The number of para-hydroxylation sites is 1. The van der Waals surface area contributed by atoms with Crippen molar-refractivity contribution >= 4 is 16.7 Å². The Morgan fingerprint density at radius 3 is 2.83 bits per heavy atom. The number of aromatic nitrogens is 3. The van der Waals surface area contributed by atoms with Gasteiger partial charge in [0, 0.05) is 5.69 Å². The number of aryl methyl sites for hydroxylation is 1. The largest absolute Gasteiger partial charge is 0.398 e. The Hall–Kier alpha value is -2.43. The second-order valence-corrected chi connectivity index (χ2v) is 4.15. The molecule has 0 saturated heterocycles. The lowest BCUT2D eigenvalue weighted by atomic mass is 10.1. The maximum absolute atomic E-state index is 14.0. The molecule has 2 aromatic carbocycles. The molecule has 0 bridgehead atoms. The number of rotatable bonds is 1. The predicted octanol–water partition coefficient (Wildman–Crippen LogP) is 2.45. The Kier molecular flexibility index (Phi) is 2.26. The molecule has 4 nitrogen and oxygen atoms in total. The van der Waals surface area contributed by atoms with E-state index in [2.05, 4.69) is 10.3 Å². The van der Waals surface area contributed by atoms with Gasteiger partial charge in [0.2, 0.25) is 0 Å². The summed E-state index contributed by atoms with van der Waals surface area (Å²) < 4.78 is 15.4. The van der Waals surface area contributed by atoms with Gasteiger partial charge in [-0.1, -0.05) is 17.3 Å². The summed E-state index contributed by atoms with van der Waals surface area (Å²) in [5.41, 5.74) is 8.83. The van der Waals surface area contributed by atoms with Crippen LogP contribution < -0.4 is 5.73 Å². The van der Waals surface area contributed by atoms with Gasteiger partial charge in [-0.05, 0) is 36.8 Å². The summed E-state index contributed by atoms with van der Waals surface area (Å²) in [6.07, 6.45) is 0. The van der Waals surface area contributed by atoms with Crippen LogP contribution in [0.15, 0.2) is 36.4 Å². The van der Waals surface area contributed by atoms with Crippen LogP contribution in [-0.4, -0.2) is 15.0 Å². The predicted molar refractivity (Wildman–Crippen MR) is 68.0 cm³/mol. The van der Waals surface area contributed by atoms with Gasteiger partial charge in [-0.15, -0.1) is 5.10 Å². The summed E-state index contributed by atoms with van der Waals surface area (Å²) in [6.45, 7) is 1.77. The number of benzene rings is 2. The van der Waals surface area contributed by atoms with Crippen molar-refractivity contribution in [2.75, 3.05) is 5.73 Å². The number of nitrogen functional groups attached to an aromatic ring is 1. The van der Waals surface area contributed by atoms with Gasteiger partial charge in [-0.3, -0.25) is 0 Å². The molecule has 0 aliphatic heterocycles. The zero-order valence-corrected chi connectivity index (χ0v) is 9.76. The van der Waals surface area contributed by atoms with Gasteiger partial charge in [0.05, 0.1) is 5.52 Å². The highest BCUT2D eigenvalue weighted by Crippen LogP contribution is 2.23. The van der Waals surface area contributed by atoms with Gasteiger partial charge in [-0.2, -0.15) is 0 Å². The van der Waals surface area contributed by atoms with Crippen LogP contribution in [0.2, 0.25) is 0 Å². The molecule has 5 heteroatoms. The van der Waals surface area contributed by atoms with Crippen LogP contribution in [0.25, 0.3) is 16.7 Å². The van der Waals surface area contributed by atoms with Crippen molar-refractivity contribution in [1.29, 1.82) is 0 Å². The van der Waals surface area contributed by atoms with Gasteiger partial charge < -0.3 is 5.73 Å². The number of anilines is 1. The molecule has 0 amide bonds. The molecule has 0 radical (unpaired) electrons. The van der Waals surface area contributed by atoms with E-state index in [0.717, 1.165) is 11.0 Å². The number of nitrogens with zero attached hydrogens (tertiary/aromatic N) is 3. The summed E-state index contributed by atoms with van der Waals surface area (Å²) >= 11 is 0. The molecule has 0 unspecified atom stereocenters. The molecule has 2 N–H and O–H groups in total. The first-order valence-electron chi connectivity index (χ1n) is 5.53. The van der Waals surface area contributed by atoms with Crippen molar-refractivity contribution in [3.05, 3.63) is 47.8 Å². The molecule has 0 aliphatic rings. The maximum atomic E-state index is 14.0. The molecule has 1 heterocycles. The second kappa shape index (κ2) is 3.80. The number of nitrogens with two attached hydrogens (primary N) is 1. The van der Waals surface area contributed by atoms with E-state index in [9.17, 15) is 4.39 Å². The quantitative estimate of drug-likeness (QED) is 0.667. The number of halogens is 1. The van der Waals surface area contributed by atoms with Gasteiger partial charge in [0.25, 0.3) is 0 Å². The zero-order valence-electron chi connectivity index (χ0n) is 9.76. The number of hydrogen-bond donors (Lipinski definition) is 1. The van der Waals surface area contributed by atoms with Gasteiger partial charge in [0.15, 0.2) is 0 Å². The molecular formula is C13H11FN4. The highest BCUT2D eigenvalue weighted by molar-refractivity contribution is 5.76. The number of fused-ring (bicyclic) bond motifs is 1. The van der Waals surface area contributed by atoms with Crippen molar-refractivity contribution < 1.29 is 4.39 Å². The van der Waals surface area contributed by atoms with Crippen LogP contribution in [0.5, 0.6) is 0 Å². The monoisotopic (exact) mass is 242 g/mol. The SMILES string of the molecule is Cc1cc(F)c(-n2nnc3ccccc32)cc1N. The van der Waals surface area contributed by atoms with E-state index in [1.165, 1.54) is 10.7 Å². The molecular weight excluding hydrogens is 231 g/mol. The van der Waals surface area contributed by atoms with Crippen molar-refractivity contribution in [1.82, 2.24) is 15.0 Å². The smallest absolute Gasteiger partial charge is 0.149 e. The van der Waals surface area contributed by atoms with Crippen LogP contribution in [-0.2, 0) is 0 Å². The summed E-state index contributed by atoms with van der Waals surface area (Å²) in [5.74, 6) is -0.364. The van der Waals surface area contributed by atoms with E-state index < -0.39 is 0 Å². The van der Waals surface area contributed by atoms with E-state index in [1.807, 2.05) is 24.3 Å². The minimum Gasteiger partial charge on any atom is -0.398 e. The lowest BCUT2D eigenvalue weighted by Crippen LogP contribution is -2.02. The Morgan fingerprint density at radius 2 is 2.00 bits per heavy atom. The lowest BCUT2D eigenvalue weighted by molar-refractivity contribution is 0.609. The zero-order chi connectivity index (χ0) is 12.7. The molecule has 90 valence electrons. The minimum absolute atomic E-state index is 0.312. The Morgan fingerprint density at radius 1 is 1.22 bits per heavy atom. The molecule has 0 spiro atoms. The van der Waals surface area contributed by atoms with E-state index in [0.29, 0.717) is 16.9 Å².